The highest BCUT2D eigenvalue weighted by molar-refractivity contribution is 7.92. The van der Waals surface area contributed by atoms with Crippen molar-refractivity contribution >= 4 is 21.6 Å². The van der Waals surface area contributed by atoms with Crippen molar-refractivity contribution < 1.29 is 32.5 Å². The maximum absolute atomic E-state index is 13.5. The van der Waals surface area contributed by atoms with Crippen molar-refractivity contribution in [3.63, 3.8) is 0 Å². The number of anilines is 1. The summed E-state index contributed by atoms with van der Waals surface area (Å²) in [6.45, 7) is 5.36. The first-order valence-corrected chi connectivity index (χ1v) is 15.7. The number of carbonyl (C=O) groups excluding carboxylic acids is 1. The molecule has 1 amide bonds. The van der Waals surface area contributed by atoms with Crippen molar-refractivity contribution in [1.82, 2.24) is 9.80 Å². The molecule has 10 nitrogen and oxygen atoms in total. The van der Waals surface area contributed by atoms with Crippen LogP contribution in [0.15, 0.2) is 71.6 Å². The van der Waals surface area contributed by atoms with Gasteiger partial charge in [0.15, 0.2) is 0 Å². The molecule has 232 valence electrons. The van der Waals surface area contributed by atoms with E-state index in [1.807, 2.05) is 45.2 Å². The molecular weight excluding hydrogens is 570 g/mol. The van der Waals surface area contributed by atoms with E-state index in [9.17, 15) is 18.3 Å². The molecule has 4 rings (SSSR count). The Kier molecular flexibility index (Phi) is 10.5. The van der Waals surface area contributed by atoms with E-state index in [1.54, 1.807) is 42.3 Å². The Hall–Kier alpha value is -3.80. The lowest BCUT2D eigenvalue weighted by atomic mass is 10.0. The first kappa shape index (κ1) is 32.1. The molecule has 0 fully saturated rings. The Balaban J connectivity index is 1.60. The minimum Gasteiger partial charge on any atom is -0.497 e. The van der Waals surface area contributed by atoms with Gasteiger partial charge in [0.05, 0.1) is 38.2 Å². The van der Waals surface area contributed by atoms with Crippen LogP contribution in [-0.2, 0) is 27.8 Å². The first-order chi connectivity index (χ1) is 20.5. The van der Waals surface area contributed by atoms with Crippen molar-refractivity contribution in [1.29, 1.82) is 0 Å². The average molecular weight is 612 g/mol. The summed E-state index contributed by atoms with van der Waals surface area (Å²) in [6.07, 6.45) is -0.290. The van der Waals surface area contributed by atoms with Crippen molar-refractivity contribution in [2.75, 3.05) is 45.7 Å². The Morgan fingerprint density at radius 1 is 1.05 bits per heavy atom. The van der Waals surface area contributed by atoms with E-state index in [0.29, 0.717) is 42.4 Å². The summed E-state index contributed by atoms with van der Waals surface area (Å²) in [5.41, 5.74) is 2.00. The monoisotopic (exact) mass is 611 g/mol. The molecule has 1 heterocycles. The zero-order chi connectivity index (χ0) is 31.1. The summed E-state index contributed by atoms with van der Waals surface area (Å²) in [4.78, 5) is 17.5. The van der Waals surface area contributed by atoms with E-state index >= 15 is 0 Å². The lowest BCUT2D eigenvalue weighted by molar-refractivity contribution is -0.134. The lowest BCUT2D eigenvalue weighted by Crippen LogP contribution is -2.47. The predicted octanol–water partition coefficient (Wildman–Crippen LogP) is 3.79. The van der Waals surface area contributed by atoms with Crippen LogP contribution >= 0.6 is 0 Å². The van der Waals surface area contributed by atoms with Crippen LogP contribution < -0.4 is 18.9 Å². The first-order valence-electron chi connectivity index (χ1n) is 14.2. The summed E-state index contributed by atoms with van der Waals surface area (Å²) in [5.74, 6) is 1.64. The average Bonchev–Trinajstić information content (AvgIpc) is 3.04. The smallest absolute Gasteiger partial charge is 0.261 e. The number of methoxy groups -OCH3 is 2. The number of nitrogens with one attached hydrogen (secondary N) is 1. The van der Waals surface area contributed by atoms with Gasteiger partial charge in [-0.25, -0.2) is 8.42 Å². The van der Waals surface area contributed by atoms with Gasteiger partial charge in [-0.15, -0.1) is 0 Å². The SMILES string of the molecule is COc1ccc(CN(C)C[C@H]2Oc3ccc(NS(=O)(=O)c4ccc(OC)cc4)cc3CC(=O)N([C@@H](C)CO)C[C@H]2C)cc1. The Morgan fingerprint density at radius 3 is 2.28 bits per heavy atom. The van der Waals surface area contributed by atoms with E-state index in [2.05, 4.69) is 9.62 Å². The third-order valence-electron chi connectivity index (χ3n) is 7.64. The number of aliphatic hydroxyl groups excluding tert-OH is 1. The summed E-state index contributed by atoms with van der Waals surface area (Å²) in [5, 5.41) is 9.92. The Labute approximate surface area is 254 Å². The number of hydrogen-bond donors (Lipinski definition) is 2. The second-order valence-corrected chi connectivity index (χ2v) is 12.7. The number of aliphatic hydroxyl groups is 1. The maximum Gasteiger partial charge on any atom is 0.261 e. The lowest BCUT2D eigenvalue weighted by Gasteiger charge is -2.34. The molecule has 0 radical (unpaired) electrons. The predicted molar refractivity (Wildman–Crippen MR) is 165 cm³/mol. The van der Waals surface area contributed by atoms with Crippen molar-refractivity contribution in [2.45, 2.75) is 43.9 Å². The van der Waals surface area contributed by atoms with Crippen LogP contribution in [0.25, 0.3) is 0 Å². The third kappa shape index (κ3) is 8.19. The highest BCUT2D eigenvalue weighted by Crippen LogP contribution is 2.30. The molecule has 1 aliphatic heterocycles. The molecule has 2 N–H and O–H groups in total. The fraction of sp³-hybridized carbons (Fsp3) is 0.406. The number of nitrogens with zero attached hydrogens (tertiary/aromatic N) is 2. The van der Waals surface area contributed by atoms with Gasteiger partial charge in [0.2, 0.25) is 5.91 Å². The van der Waals surface area contributed by atoms with E-state index in [0.717, 1.165) is 11.3 Å². The van der Waals surface area contributed by atoms with Crippen LogP contribution in [0.3, 0.4) is 0 Å². The van der Waals surface area contributed by atoms with E-state index in [1.165, 1.54) is 19.2 Å². The van der Waals surface area contributed by atoms with E-state index in [-0.39, 0.29) is 41.9 Å². The number of hydrogen-bond acceptors (Lipinski definition) is 8. The molecule has 0 bridgehead atoms. The van der Waals surface area contributed by atoms with Crippen LogP contribution in [0.4, 0.5) is 5.69 Å². The van der Waals surface area contributed by atoms with Crippen molar-refractivity contribution in [3.8, 4) is 17.2 Å². The molecule has 0 saturated heterocycles. The van der Waals surface area contributed by atoms with Crippen molar-refractivity contribution in [2.24, 2.45) is 5.92 Å². The molecule has 1 aliphatic rings. The number of ether oxygens (including phenoxy) is 3. The van der Waals surface area contributed by atoms with E-state index < -0.39 is 10.0 Å². The number of sulfonamides is 1. The van der Waals surface area contributed by atoms with Gasteiger partial charge in [0.25, 0.3) is 10.0 Å². The fourth-order valence-electron chi connectivity index (χ4n) is 5.09. The fourth-order valence-corrected chi connectivity index (χ4v) is 6.14. The number of rotatable bonds is 11. The topological polar surface area (TPSA) is 118 Å². The number of carbonyl (C=O) groups is 1. The van der Waals surface area contributed by atoms with Gasteiger partial charge in [-0.05, 0) is 74.1 Å². The van der Waals surface area contributed by atoms with Gasteiger partial charge in [-0.3, -0.25) is 14.4 Å². The summed E-state index contributed by atoms with van der Waals surface area (Å²) >= 11 is 0. The maximum atomic E-state index is 13.5. The molecule has 3 aromatic carbocycles. The minimum absolute atomic E-state index is 0.00109. The van der Waals surface area contributed by atoms with E-state index in [4.69, 9.17) is 14.2 Å². The number of amides is 1. The van der Waals surface area contributed by atoms with Crippen LogP contribution in [-0.4, -0.2) is 82.3 Å². The summed E-state index contributed by atoms with van der Waals surface area (Å²) in [6, 6.07) is 18.6. The zero-order valence-corrected chi connectivity index (χ0v) is 26.1. The standard InChI is InChI=1S/C32H41N3O7S/c1-22-18-35(23(2)21-36)32(37)17-25-16-26(33-43(38,39)29-13-11-28(41-5)12-14-29)8-15-30(25)42-31(22)20-34(3)19-24-6-9-27(40-4)10-7-24/h6-16,22-23,31,33,36H,17-21H2,1-5H3/t22-,23+,31-/m1/s1. The normalized spacial score (nSPS) is 18.1. The van der Waals surface area contributed by atoms with Crippen LogP contribution in [0.1, 0.15) is 25.0 Å². The number of benzene rings is 3. The van der Waals surface area contributed by atoms with Crippen LogP contribution in [0.2, 0.25) is 0 Å². The van der Waals surface area contributed by atoms with Gasteiger partial charge >= 0.3 is 0 Å². The highest BCUT2D eigenvalue weighted by atomic mass is 32.2. The molecule has 0 unspecified atom stereocenters. The Morgan fingerprint density at radius 2 is 1.67 bits per heavy atom. The molecule has 0 aromatic heterocycles. The molecule has 11 heteroatoms. The Bertz CT molecular complexity index is 1480. The molecule has 0 spiro atoms. The van der Waals surface area contributed by atoms with Crippen LogP contribution in [0, 0.1) is 5.92 Å². The minimum atomic E-state index is -3.89. The quantitative estimate of drug-likeness (QED) is 0.337. The second-order valence-electron chi connectivity index (χ2n) is 11.0. The third-order valence-corrected chi connectivity index (χ3v) is 9.04. The highest BCUT2D eigenvalue weighted by Gasteiger charge is 2.31. The second kappa shape index (κ2) is 14.1. The van der Waals surface area contributed by atoms with Crippen LogP contribution in [0.5, 0.6) is 17.2 Å². The molecule has 43 heavy (non-hydrogen) atoms. The molecule has 0 saturated carbocycles. The molecule has 3 aromatic rings. The largest absolute Gasteiger partial charge is 0.497 e. The number of fused-ring (bicyclic) bond motifs is 1. The summed E-state index contributed by atoms with van der Waals surface area (Å²) in [7, 11) is 1.28. The van der Waals surface area contributed by atoms with Gasteiger partial charge < -0.3 is 24.2 Å². The zero-order valence-electron chi connectivity index (χ0n) is 25.3. The van der Waals surface area contributed by atoms with Crippen molar-refractivity contribution in [3.05, 3.63) is 77.9 Å². The summed E-state index contributed by atoms with van der Waals surface area (Å²) < 4.78 is 45.8. The molecular formula is C32H41N3O7S. The van der Waals surface area contributed by atoms with Gasteiger partial charge in [-0.1, -0.05) is 19.1 Å². The number of likely N-dealkylation sites (N-methyl/N-ethyl adjacent to an activating group) is 1. The van der Waals surface area contributed by atoms with Gasteiger partial charge in [0, 0.05) is 36.8 Å². The van der Waals surface area contributed by atoms with Gasteiger partial charge in [0.1, 0.15) is 23.4 Å². The molecule has 3 atom stereocenters. The van der Waals surface area contributed by atoms with Gasteiger partial charge in [-0.2, -0.15) is 0 Å². The molecule has 0 aliphatic carbocycles.